The quantitative estimate of drug-likeness (QED) is 0.515. The number of halogens is 2. The van der Waals surface area contributed by atoms with Gasteiger partial charge in [-0.3, -0.25) is 0 Å². The fraction of sp³-hybridized carbons (Fsp3) is 0.364. The first-order valence-electron chi connectivity index (χ1n) is 10.2. The van der Waals surface area contributed by atoms with Crippen LogP contribution < -0.4 is 5.32 Å². The predicted octanol–water partition coefficient (Wildman–Crippen LogP) is 4.59. The number of amides is 2. The first-order chi connectivity index (χ1) is 15.2. The lowest BCUT2D eigenvalue weighted by Gasteiger charge is -2.34. The fourth-order valence-electron chi connectivity index (χ4n) is 3.40. The van der Waals surface area contributed by atoms with Crippen molar-refractivity contribution in [3.8, 4) is 5.82 Å². The average molecular weight is 476 g/mol. The van der Waals surface area contributed by atoms with Gasteiger partial charge in [0.1, 0.15) is 12.7 Å². The normalized spacial score (nSPS) is 12.2. The summed E-state index contributed by atoms with van der Waals surface area (Å²) in [6.45, 7) is 5.23. The Bertz CT molecular complexity index is 1020. The lowest BCUT2D eigenvalue weighted by molar-refractivity contribution is 0.155. The highest BCUT2D eigenvalue weighted by Gasteiger charge is 2.23. The van der Waals surface area contributed by atoms with Crippen LogP contribution in [0, 0.1) is 5.92 Å². The second-order valence-corrected chi connectivity index (χ2v) is 8.89. The van der Waals surface area contributed by atoms with Crippen molar-refractivity contribution >= 4 is 34.9 Å². The molecule has 10 heteroatoms. The summed E-state index contributed by atoms with van der Waals surface area (Å²) in [6, 6.07) is 8.92. The van der Waals surface area contributed by atoms with E-state index in [1.54, 1.807) is 46.4 Å². The molecule has 0 saturated heterocycles. The van der Waals surface area contributed by atoms with E-state index >= 15 is 0 Å². The minimum Gasteiger partial charge on any atom is -0.319 e. The molecule has 32 heavy (non-hydrogen) atoms. The summed E-state index contributed by atoms with van der Waals surface area (Å²) in [5.74, 6) is 0.971. The molecule has 0 saturated carbocycles. The summed E-state index contributed by atoms with van der Waals surface area (Å²) in [4.78, 5) is 25.4. The molecule has 1 atom stereocenters. The van der Waals surface area contributed by atoms with Gasteiger partial charge in [-0.2, -0.15) is 5.10 Å². The number of carbonyl (C=O) groups is 1. The van der Waals surface area contributed by atoms with E-state index in [9.17, 15) is 4.79 Å². The van der Waals surface area contributed by atoms with Gasteiger partial charge in [0.15, 0.2) is 5.82 Å². The van der Waals surface area contributed by atoms with Gasteiger partial charge in [0.05, 0.1) is 21.9 Å². The van der Waals surface area contributed by atoms with E-state index in [2.05, 4.69) is 39.1 Å². The second kappa shape index (κ2) is 10.8. The van der Waals surface area contributed by atoms with E-state index < -0.39 is 0 Å². The zero-order valence-electron chi connectivity index (χ0n) is 18.5. The third-order valence-corrected chi connectivity index (χ3v) is 5.88. The Morgan fingerprint density at radius 1 is 1.16 bits per heavy atom. The van der Waals surface area contributed by atoms with Gasteiger partial charge in [0.2, 0.25) is 0 Å². The minimum atomic E-state index is -0.223. The molecule has 2 aromatic heterocycles. The highest BCUT2D eigenvalue weighted by molar-refractivity contribution is 6.42. The van der Waals surface area contributed by atoms with Gasteiger partial charge in [0.25, 0.3) is 0 Å². The number of anilines is 1. The monoisotopic (exact) mass is 475 g/mol. The number of aromatic nitrogens is 4. The summed E-state index contributed by atoms with van der Waals surface area (Å²) >= 11 is 12.2. The van der Waals surface area contributed by atoms with Crippen LogP contribution in [0.2, 0.25) is 10.0 Å². The molecule has 2 amide bonds. The van der Waals surface area contributed by atoms with Crippen molar-refractivity contribution in [2.75, 3.05) is 26.0 Å². The maximum atomic E-state index is 13.2. The molecule has 0 spiro atoms. The summed E-state index contributed by atoms with van der Waals surface area (Å²) < 4.78 is 1.55. The fourth-order valence-corrected chi connectivity index (χ4v) is 3.72. The van der Waals surface area contributed by atoms with E-state index in [1.807, 2.05) is 20.2 Å². The molecule has 0 bridgehead atoms. The number of nitrogens with one attached hydrogen (secondary N) is 1. The maximum Gasteiger partial charge on any atom is 0.322 e. The maximum absolute atomic E-state index is 13.2. The van der Waals surface area contributed by atoms with Crippen LogP contribution in [0.4, 0.5) is 10.5 Å². The summed E-state index contributed by atoms with van der Waals surface area (Å²) in [5, 5.41) is 7.95. The molecule has 170 valence electrons. The van der Waals surface area contributed by atoms with E-state index in [0.29, 0.717) is 40.6 Å². The van der Waals surface area contributed by atoms with Gasteiger partial charge >= 0.3 is 6.03 Å². The number of urea groups is 1. The number of nitrogens with zero attached hydrogens (tertiary/aromatic N) is 6. The molecule has 0 radical (unpaired) electrons. The Morgan fingerprint density at radius 2 is 1.94 bits per heavy atom. The Kier molecular flexibility index (Phi) is 8.06. The second-order valence-electron chi connectivity index (χ2n) is 8.08. The van der Waals surface area contributed by atoms with Crippen molar-refractivity contribution in [2.24, 2.45) is 5.92 Å². The van der Waals surface area contributed by atoms with Gasteiger partial charge in [-0.25, -0.2) is 19.4 Å². The van der Waals surface area contributed by atoms with Crippen molar-refractivity contribution in [1.29, 1.82) is 0 Å². The smallest absolute Gasteiger partial charge is 0.319 e. The zero-order valence-corrected chi connectivity index (χ0v) is 20.0. The van der Waals surface area contributed by atoms with Crippen LogP contribution in [-0.4, -0.2) is 62.3 Å². The van der Waals surface area contributed by atoms with Gasteiger partial charge in [-0.1, -0.05) is 43.1 Å². The van der Waals surface area contributed by atoms with Crippen LogP contribution in [0.5, 0.6) is 0 Å². The van der Waals surface area contributed by atoms with E-state index in [-0.39, 0.29) is 12.1 Å². The Labute approximate surface area is 198 Å². The van der Waals surface area contributed by atoms with Crippen LogP contribution in [0.25, 0.3) is 5.82 Å². The van der Waals surface area contributed by atoms with Crippen molar-refractivity contribution in [1.82, 2.24) is 29.5 Å². The van der Waals surface area contributed by atoms with Crippen LogP contribution in [0.1, 0.15) is 19.4 Å². The van der Waals surface area contributed by atoms with Crippen LogP contribution >= 0.6 is 23.2 Å². The van der Waals surface area contributed by atoms with Crippen LogP contribution in [-0.2, 0) is 6.54 Å². The molecular formula is C22H27Cl2N7O. The van der Waals surface area contributed by atoms with Crippen molar-refractivity contribution in [3.05, 3.63) is 64.8 Å². The lowest BCUT2D eigenvalue weighted by Crippen LogP contribution is -2.46. The molecule has 0 aliphatic heterocycles. The molecule has 1 N–H and O–H groups in total. The molecule has 3 rings (SSSR count). The number of likely N-dealkylation sites (N-methyl/N-ethyl adjacent to an activating group) is 1. The number of carbonyl (C=O) groups excluding carboxylic acids is 1. The SMILES string of the molecule is CC(C)C(CN(Cc1ccc(Cl)c(Cl)c1)C(=O)Nc1ccc(-n2cncn2)nc1)N(C)C. The molecule has 1 unspecified atom stereocenters. The highest BCUT2D eigenvalue weighted by Crippen LogP contribution is 2.24. The Morgan fingerprint density at radius 3 is 2.50 bits per heavy atom. The Hall–Kier alpha value is -2.68. The standard InChI is InChI=1S/C22H27Cl2N7O/c1-15(2)20(29(3)4)12-30(11-16-5-7-18(23)19(24)9-16)22(32)28-17-6-8-21(26-10-17)31-14-25-13-27-31/h5-10,13-15,20H,11-12H2,1-4H3,(H,28,32). The first kappa shape index (κ1) is 24.0. The number of rotatable bonds is 8. The lowest BCUT2D eigenvalue weighted by atomic mass is 10.0. The molecule has 3 aromatic rings. The van der Waals surface area contributed by atoms with Crippen LogP contribution in [0.3, 0.4) is 0 Å². The molecule has 2 heterocycles. The summed E-state index contributed by atoms with van der Waals surface area (Å²) in [7, 11) is 4.04. The van der Waals surface area contributed by atoms with E-state index in [1.165, 1.54) is 6.33 Å². The third kappa shape index (κ3) is 6.18. The number of hydrogen-bond donors (Lipinski definition) is 1. The topological polar surface area (TPSA) is 79.2 Å². The molecule has 0 aliphatic rings. The molecule has 0 fully saturated rings. The van der Waals surface area contributed by atoms with Gasteiger partial charge in [0, 0.05) is 19.1 Å². The Balaban J connectivity index is 1.79. The zero-order chi connectivity index (χ0) is 23.3. The third-order valence-electron chi connectivity index (χ3n) is 5.14. The van der Waals surface area contributed by atoms with Crippen LogP contribution in [0.15, 0.2) is 49.2 Å². The number of hydrogen-bond acceptors (Lipinski definition) is 5. The molecule has 8 nitrogen and oxygen atoms in total. The molecule has 0 aliphatic carbocycles. The number of benzene rings is 1. The largest absolute Gasteiger partial charge is 0.322 e. The van der Waals surface area contributed by atoms with Crippen molar-refractivity contribution in [3.63, 3.8) is 0 Å². The summed E-state index contributed by atoms with van der Waals surface area (Å²) in [6.07, 6.45) is 4.60. The van der Waals surface area contributed by atoms with Crippen molar-refractivity contribution in [2.45, 2.75) is 26.4 Å². The predicted molar refractivity (Wildman–Crippen MR) is 127 cm³/mol. The van der Waals surface area contributed by atoms with Crippen molar-refractivity contribution < 1.29 is 4.79 Å². The van der Waals surface area contributed by atoms with E-state index in [4.69, 9.17) is 23.2 Å². The first-order valence-corrected chi connectivity index (χ1v) is 11.0. The minimum absolute atomic E-state index is 0.177. The average Bonchev–Trinajstić information content (AvgIpc) is 3.28. The van der Waals surface area contributed by atoms with Gasteiger partial charge in [-0.15, -0.1) is 0 Å². The molecular weight excluding hydrogens is 449 g/mol. The van der Waals surface area contributed by atoms with Gasteiger partial charge in [-0.05, 0) is 49.8 Å². The van der Waals surface area contributed by atoms with E-state index in [0.717, 1.165) is 5.56 Å². The van der Waals surface area contributed by atoms with Gasteiger partial charge < -0.3 is 15.1 Å². The number of pyridine rings is 1. The molecule has 1 aromatic carbocycles. The summed E-state index contributed by atoms with van der Waals surface area (Å²) in [5.41, 5.74) is 1.49. The highest BCUT2D eigenvalue weighted by atomic mass is 35.5.